The van der Waals surface area contributed by atoms with Gasteiger partial charge in [0.1, 0.15) is 23.3 Å². The SMILES string of the molecule is CC(=O)c1cc(F)cc(F)c1.CC(O)c1cc(F)cc(F)c1. The van der Waals surface area contributed by atoms with Crippen LogP contribution in [0.25, 0.3) is 0 Å². The lowest BCUT2D eigenvalue weighted by atomic mass is 10.1. The minimum atomic E-state index is -0.833. The van der Waals surface area contributed by atoms with Crippen molar-refractivity contribution >= 4 is 5.78 Å². The minimum Gasteiger partial charge on any atom is -0.389 e. The Hall–Kier alpha value is -2.21. The standard InChI is InChI=1S/C8H8F2O.C8H6F2O/c2*1-5(11)6-2-7(9)4-8(10)3-6/h2-5,11H,1H3;2-4H,1H3. The highest BCUT2D eigenvalue weighted by Crippen LogP contribution is 2.14. The molecule has 1 atom stereocenters. The molecule has 0 saturated heterocycles. The number of carbonyl (C=O) groups is 1. The lowest BCUT2D eigenvalue weighted by molar-refractivity contribution is 0.101. The van der Waals surface area contributed by atoms with E-state index < -0.39 is 29.4 Å². The summed E-state index contributed by atoms with van der Waals surface area (Å²) in [5.74, 6) is -3.13. The zero-order chi connectivity index (χ0) is 16.9. The largest absolute Gasteiger partial charge is 0.389 e. The summed E-state index contributed by atoms with van der Waals surface area (Å²) >= 11 is 0. The number of hydrogen-bond donors (Lipinski definition) is 1. The third-order valence-electron chi connectivity index (χ3n) is 2.64. The van der Waals surface area contributed by atoms with E-state index in [-0.39, 0.29) is 16.9 Å². The van der Waals surface area contributed by atoms with E-state index in [4.69, 9.17) is 5.11 Å². The van der Waals surface area contributed by atoms with Crippen molar-refractivity contribution < 1.29 is 27.5 Å². The Bertz CT molecular complexity index is 629. The van der Waals surface area contributed by atoms with Gasteiger partial charge >= 0.3 is 0 Å². The molecular weight excluding hydrogens is 300 g/mol. The molecule has 0 amide bonds. The Balaban J connectivity index is 0.000000220. The maximum absolute atomic E-state index is 12.4. The van der Waals surface area contributed by atoms with Gasteiger partial charge in [0.15, 0.2) is 5.78 Å². The molecule has 2 rings (SSSR count). The Labute approximate surface area is 125 Å². The number of rotatable bonds is 2. The lowest BCUT2D eigenvalue weighted by Gasteiger charge is -2.03. The highest BCUT2D eigenvalue weighted by Gasteiger charge is 2.04. The Morgan fingerprint density at radius 3 is 1.55 bits per heavy atom. The molecule has 2 aromatic carbocycles. The zero-order valence-electron chi connectivity index (χ0n) is 11.9. The first kappa shape index (κ1) is 17.8. The molecule has 0 radical (unpaired) electrons. The molecule has 0 heterocycles. The van der Waals surface area contributed by atoms with Crippen molar-refractivity contribution in [3.63, 3.8) is 0 Å². The van der Waals surface area contributed by atoms with Crippen LogP contribution in [0.3, 0.4) is 0 Å². The second-order valence-corrected chi connectivity index (χ2v) is 4.59. The quantitative estimate of drug-likeness (QED) is 0.667. The number of Topliss-reactive ketones (excluding diaryl/α,β-unsaturated/α-hetero) is 1. The molecule has 2 nitrogen and oxygen atoms in total. The van der Waals surface area contributed by atoms with Gasteiger partial charge in [0.2, 0.25) is 0 Å². The molecule has 1 unspecified atom stereocenters. The van der Waals surface area contributed by atoms with E-state index in [1.165, 1.54) is 13.8 Å². The molecule has 0 fully saturated rings. The predicted molar refractivity (Wildman–Crippen MR) is 73.4 cm³/mol. The normalized spacial score (nSPS) is 11.4. The van der Waals surface area contributed by atoms with Crippen molar-refractivity contribution in [2.24, 2.45) is 0 Å². The van der Waals surface area contributed by atoms with Gasteiger partial charge < -0.3 is 5.11 Å². The van der Waals surface area contributed by atoms with Crippen LogP contribution < -0.4 is 0 Å². The van der Waals surface area contributed by atoms with Crippen molar-refractivity contribution in [2.75, 3.05) is 0 Å². The van der Waals surface area contributed by atoms with Crippen molar-refractivity contribution in [1.29, 1.82) is 0 Å². The number of ketones is 1. The van der Waals surface area contributed by atoms with Crippen molar-refractivity contribution in [3.05, 3.63) is 70.8 Å². The number of hydrogen-bond acceptors (Lipinski definition) is 2. The van der Waals surface area contributed by atoms with Gasteiger partial charge in [-0.1, -0.05) is 0 Å². The molecule has 0 saturated carbocycles. The average Bonchev–Trinajstić information content (AvgIpc) is 2.37. The van der Waals surface area contributed by atoms with Crippen LogP contribution in [0.1, 0.15) is 35.9 Å². The van der Waals surface area contributed by atoms with E-state index in [1.807, 2.05) is 0 Å². The fourth-order valence-electron chi connectivity index (χ4n) is 1.57. The first-order valence-electron chi connectivity index (χ1n) is 6.30. The minimum absolute atomic E-state index is 0.0579. The van der Waals surface area contributed by atoms with Gasteiger partial charge in [-0.25, -0.2) is 17.6 Å². The molecule has 0 aliphatic rings. The van der Waals surface area contributed by atoms with E-state index >= 15 is 0 Å². The van der Waals surface area contributed by atoms with Crippen LogP contribution >= 0.6 is 0 Å². The number of aliphatic hydroxyl groups is 1. The summed E-state index contributed by atoms with van der Waals surface area (Å²) in [6, 6.07) is 5.72. The second kappa shape index (κ2) is 7.70. The van der Waals surface area contributed by atoms with E-state index in [9.17, 15) is 22.4 Å². The van der Waals surface area contributed by atoms with Gasteiger partial charge in [-0.3, -0.25) is 4.79 Å². The van der Waals surface area contributed by atoms with Crippen LogP contribution in [0.5, 0.6) is 0 Å². The van der Waals surface area contributed by atoms with Gasteiger partial charge in [0.05, 0.1) is 6.10 Å². The number of carbonyl (C=O) groups excluding carboxylic acids is 1. The fraction of sp³-hybridized carbons (Fsp3) is 0.188. The van der Waals surface area contributed by atoms with Crippen molar-refractivity contribution in [3.8, 4) is 0 Å². The molecule has 0 spiro atoms. The monoisotopic (exact) mass is 314 g/mol. The predicted octanol–water partition coefficient (Wildman–Crippen LogP) is 4.19. The number of halogens is 4. The fourth-order valence-corrected chi connectivity index (χ4v) is 1.57. The number of benzene rings is 2. The van der Waals surface area contributed by atoms with Crippen molar-refractivity contribution in [1.82, 2.24) is 0 Å². The van der Waals surface area contributed by atoms with Crippen LogP contribution in [-0.4, -0.2) is 10.9 Å². The van der Waals surface area contributed by atoms with Crippen LogP contribution in [0.15, 0.2) is 36.4 Å². The van der Waals surface area contributed by atoms with E-state index in [0.717, 1.165) is 36.4 Å². The van der Waals surface area contributed by atoms with Gasteiger partial charge in [0, 0.05) is 17.7 Å². The molecule has 0 aromatic heterocycles. The Morgan fingerprint density at radius 2 is 1.23 bits per heavy atom. The van der Waals surface area contributed by atoms with Gasteiger partial charge in [0.25, 0.3) is 0 Å². The highest BCUT2D eigenvalue weighted by molar-refractivity contribution is 5.93. The molecule has 118 valence electrons. The van der Waals surface area contributed by atoms with E-state index in [1.54, 1.807) is 0 Å². The Morgan fingerprint density at radius 1 is 0.864 bits per heavy atom. The lowest BCUT2D eigenvalue weighted by Crippen LogP contribution is -1.93. The molecule has 22 heavy (non-hydrogen) atoms. The summed E-state index contributed by atoms with van der Waals surface area (Å²) in [5.41, 5.74) is 0.310. The van der Waals surface area contributed by atoms with E-state index in [2.05, 4.69) is 0 Å². The summed E-state index contributed by atoms with van der Waals surface area (Å²) in [5, 5.41) is 8.94. The van der Waals surface area contributed by atoms with Crippen molar-refractivity contribution in [2.45, 2.75) is 20.0 Å². The third-order valence-corrected chi connectivity index (χ3v) is 2.64. The summed E-state index contributed by atoms with van der Waals surface area (Å²) < 4.78 is 49.7. The molecule has 6 heteroatoms. The smallest absolute Gasteiger partial charge is 0.160 e. The first-order valence-corrected chi connectivity index (χ1v) is 6.30. The summed E-state index contributed by atoms with van der Waals surface area (Å²) in [4.78, 5) is 10.6. The Kier molecular flexibility index (Phi) is 6.24. The summed E-state index contributed by atoms with van der Waals surface area (Å²) in [6.07, 6.45) is -0.833. The summed E-state index contributed by atoms with van der Waals surface area (Å²) in [7, 11) is 0. The molecule has 0 bridgehead atoms. The molecule has 0 aliphatic carbocycles. The van der Waals surface area contributed by atoms with Crippen LogP contribution in [0.4, 0.5) is 17.6 Å². The van der Waals surface area contributed by atoms with Gasteiger partial charge in [-0.2, -0.15) is 0 Å². The van der Waals surface area contributed by atoms with Gasteiger partial charge in [-0.05, 0) is 43.7 Å². The maximum atomic E-state index is 12.4. The highest BCUT2D eigenvalue weighted by atomic mass is 19.1. The van der Waals surface area contributed by atoms with Gasteiger partial charge in [-0.15, -0.1) is 0 Å². The van der Waals surface area contributed by atoms with Crippen LogP contribution in [0, 0.1) is 23.3 Å². The number of aliphatic hydroxyl groups excluding tert-OH is 1. The molecule has 1 N–H and O–H groups in total. The first-order chi connectivity index (χ1) is 10.2. The van der Waals surface area contributed by atoms with Crippen LogP contribution in [-0.2, 0) is 0 Å². The topological polar surface area (TPSA) is 37.3 Å². The maximum Gasteiger partial charge on any atom is 0.160 e. The molecule has 0 aliphatic heterocycles. The molecular formula is C16H14F4O2. The second-order valence-electron chi connectivity index (χ2n) is 4.59. The zero-order valence-corrected chi connectivity index (χ0v) is 11.9. The van der Waals surface area contributed by atoms with Crippen LogP contribution in [0.2, 0.25) is 0 Å². The third kappa shape index (κ3) is 5.65. The molecule has 2 aromatic rings. The van der Waals surface area contributed by atoms with E-state index in [0.29, 0.717) is 0 Å². The average molecular weight is 314 g/mol. The summed E-state index contributed by atoms with van der Waals surface area (Å²) in [6.45, 7) is 2.71.